The summed E-state index contributed by atoms with van der Waals surface area (Å²) in [7, 11) is -4.40. The Hall–Kier alpha value is -3.51. The number of carbonyl (C=O) groups is 2. The minimum absolute atomic E-state index is 0. The summed E-state index contributed by atoms with van der Waals surface area (Å²) in [4.78, 5) is 43.8. The van der Waals surface area contributed by atoms with Crippen molar-refractivity contribution < 1.29 is 84.1 Å². The van der Waals surface area contributed by atoms with E-state index in [0.29, 0.717) is 12.2 Å². The summed E-state index contributed by atoms with van der Waals surface area (Å²) in [6.45, 7) is 0. The van der Waals surface area contributed by atoms with Crippen molar-refractivity contribution in [2.24, 2.45) is 10.2 Å². The molecule has 4 N–H and O–H groups in total. The molecule has 0 saturated carbocycles. The molecule has 1 aromatic rings. The number of rotatable bonds is 7. The number of aliphatic hydroxyl groups is 1. The summed E-state index contributed by atoms with van der Waals surface area (Å²) in [6, 6.07) is 4.65. The number of aliphatic hydroxyl groups excluding tert-OH is 1. The molecule has 0 saturated heterocycles. The number of nitrogens with zero attached hydrogens (tertiary/aromatic N) is 4. The predicted molar refractivity (Wildman–Crippen MR) is 117 cm³/mol. The van der Waals surface area contributed by atoms with Gasteiger partial charge in [0, 0.05) is 29.2 Å². The first kappa shape index (κ1) is 31.5. The molecule has 0 radical (unpaired) electrons. The topological polar surface area (TPSA) is 244 Å². The van der Waals surface area contributed by atoms with Crippen molar-refractivity contribution in [1.29, 1.82) is 0 Å². The van der Waals surface area contributed by atoms with Gasteiger partial charge < -0.3 is 5.11 Å². The van der Waals surface area contributed by atoms with Gasteiger partial charge in [-0.15, -0.1) is 0 Å². The smallest absolute Gasteiger partial charge is 0.506 e. The van der Waals surface area contributed by atoms with Crippen LogP contribution in [0.1, 0.15) is 0 Å². The van der Waals surface area contributed by atoms with Crippen molar-refractivity contribution in [3.63, 3.8) is 0 Å². The molecule has 0 spiro atoms. The van der Waals surface area contributed by atoms with Gasteiger partial charge >= 0.3 is 35.3 Å². The van der Waals surface area contributed by atoms with Crippen LogP contribution in [0.5, 0.6) is 0 Å². The van der Waals surface area contributed by atoms with E-state index in [4.69, 9.17) is 4.55 Å². The van der Waals surface area contributed by atoms with Crippen molar-refractivity contribution in [3.05, 3.63) is 91.6 Å². The molecule has 16 nitrogen and oxygen atoms in total. The normalized spacial score (nSPS) is 17.4. The van der Waals surface area contributed by atoms with Crippen molar-refractivity contribution in [2.75, 3.05) is 5.43 Å². The molecule has 3 rings (SSSR count). The minimum Gasteiger partial charge on any atom is -0.506 e. The molecule has 0 heterocycles. The van der Waals surface area contributed by atoms with E-state index in [0.717, 1.165) is 24.3 Å². The monoisotopic (exact) mass is 583 g/mol. The first-order valence-electron chi connectivity index (χ1n) is 9.05. The van der Waals surface area contributed by atoms with Crippen LogP contribution in [0.4, 0.5) is 5.69 Å². The van der Waals surface area contributed by atoms with Crippen LogP contribution >= 0.6 is 0 Å². The zero-order chi connectivity index (χ0) is 25.9. The van der Waals surface area contributed by atoms with Crippen LogP contribution in [0.2, 0.25) is 0 Å². The second kappa shape index (κ2) is 12.6. The van der Waals surface area contributed by atoms with E-state index in [1.54, 1.807) is 0 Å². The molecule has 188 valence electrons. The molecule has 0 unspecified atom stereocenters. The van der Waals surface area contributed by atoms with Crippen LogP contribution in [0.3, 0.4) is 0 Å². The van der Waals surface area contributed by atoms with Crippen LogP contribution < -0.4 is 40.4 Å². The fourth-order valence-corrected chi connectivity index (χ4v) is 3.07. The number of nitrogens with one attached hydrogen (secondary N) is 2. The molecule has 0 atom stereocenters. The molecule has 2 aliphatic rings. The van der Waals surface area contributed by atoms with Crippen molar-refractivity contribution >= 4 is 38.8 Å². The Kier molecular flexibility index (Phi) is 10.8. The largest absolute Gasteiger partial charge is 1.00 e. The number of nitro groups is 2. The Morgan fingerprint density at radius 2 is 1.46 bits per heavy atom. The maximum Gasteiger partial charge on any atom is 1.00 e. The Bertz CT molecular complexity index is 1460. The Morgan fingerprint density at radius 1 is 0.865 bits per heavy atom. The van der Waals surface area contributed by atoms with E-state index in [2.05, 4.69) is 21.1 Å². The first-order chi connectivity index (χ1) is 16.4. The number of ketones is 2. The molecule has 0 fully saturated rings. The van der Waals surface area contributed by atoms with Crippen LogP contribution in [0.15, 0.2) is 86.5 Å². The minimum atomic E-state index is -4.40. The first-order valence-corrected chi connectivity index (χ1v) is 10.5. The van der Waals surface area contributed by atoms with Gasteiger partial charge in [0.15, 0.2) is 0 Å². The number of hydrazone groups is 2. The Balaban J connectivity index is 0.00000342. The molecule has 0 amide bonds. The average molecular weight is 583 g/mol. The third-order valence-electron chi connectivity index (χ3n) is 4.27. The summed E-state index contributed by atoms with van der Waals surface area (Å²) in [6.07, 6.45) is 2.91. The van der Waals surface area contributed by atoms with Gasteiger partial charge in [-0.1, -0.05) is 0 Å². The molecule has 0 bridgehead atoms. The standard InChI is InChI=1S/C18H12N6O10S.Fe.Na/c25-16-8-17(26)13(7-12(16)20-19-9-1-3-11(4-2-9)35(32,33)34)21-22-14-5-10(23(28)29)6-15(18(14)27)24(30)31;;/h1-8,19,21,26H,(H,32,33,34);;/q;;+1/b20-12?,22-14+;;. The zero-order valence-corrected chi connectivity index (χ0v) is 22.3. The molecular formula is C18H12FeN6NaO10S+. The second-order valence-corrected chi connectivity index (χ2v) is 8.03. The van der Waals surface area contributed by atoms with Crippen LogP contribution in [0, 0.1) is 20.2 Å². The van der Waals surface area contributed by atoms with Crippen molar-refractivity contribution in [3.8, 4) is 0 Å². The Morgan fingerprint density at radius 3 is 2.00 bits per heavy atom. The summed E-state index contributed by atoms with van der Waals surface area (Å²) >= 11 is 0. The molecule has 19 heteroatoms. The molecule has 0 aromatic heterocycles. The van der Waals surface area contributed by atoms with Gasteiger partial charge in [-0.05, 0) is 30.3 Å². The average Bonchev–Trinajstić information content (AvgIpc) is 2.78. The summed E-state index contributed by atoms with van der Waals surface area (Å²) in [5, 5.41) is 39.3. The van der Waals surface area contributed by atoms with E-state index < -0.39 is 54.4 Å². The van der Waals surface area contributed by atoms with Gasteiger partial charge in [-0.2, -0.15) is 18.6 Å². The van der Waals surface area contributed by atoms with Crippen LogP contribution in [-0.4, -0.2) is 50.9 Å². The zero-order valence-electron chi connectivity index (χ0n) is 18.3. The maximum atomic E-state index is 12.2. The Labute approximate surface area is 239 Å². The van der Waals surface area contributed by atoms with E-state index in [1.165, 1.54) is 12.1 Å². The fourth-order valence-electron chi connectivity index (χ4n) is 2.59. The van der Waals surface area contributed by atoms with Gasteiger partial charge in [0.1, 0.15) is 22.9 Å². The summed E-state index contributed by atoms with van der Waals surface area (Å²) in [5.74, 6) is -2.62. The van der Waals surface area contributed by atoms with Gasteiger partial charge in [0.2, 0.25) is 5.78 Å². The predicted octanol–water partition coefficient (Wildman–Crippen LogP) is -2.54. The second-order valence-electron chi connectivity index (χ2n) is 6.61. The quantitative estimate of drug-likeness (QED) is 0.0853. The number of anilines is 1. The molecule has 2 aliphatic carbocycles. The van der Waals surface area contributed by atoms with E-state index in [1.807, 2.05) is 0 Å². The number of benzene rings is 1. The third-order valence-corrected chi connectivity index (χ3v) is 5.14. The molecule has 37 heavy (non-hydrogen) atoms. The number of allylic oxidation sites excluding steroid dienone is 5. The SMILES string of the molecule is O=C1C=C(O)C(N/N=C2\C=C([N+](=O)[O-])C=C([N+](=O)[O-])C2=O)=CC1=NNc1ccc(S(=O)(=O)O)cc1.[Fe].[Na+]. The molecule has 1 aromatic carbocycles. The fraction of sp³-hybridized carbons (Fsp3) is 0. The van der Waals surface area contributed by atoms with Gasteiger partial charge in [0.05, 0.1) is 26.5 Å². The number of hydrogen-bond acceptors (Lipinski definition) is 13. The van der Waals surface area contributed by atoms with Crippen molar-refractivity contribution in [2.45, 2.75) is 4.90 Å². The van der Waals surface area contributed by atoms with Crippen LogP contribution in [-0.2, 0) is 36.8 Å². The van der Waals surface area contributed by atoms with E-state index >= 15 is 0 Å². The molecular weight excluding hydrogens is 571 g/mol. The van der Waals surface area contributed by atoms with Gasteiger partial charge in [-0.3, -0.25) is 45.2 Å². The maximum absolute atomic E-state index is 12.2. The van der Waals surface area contributed by atoms with E-state index in [9.17, 15) is 43.3 Å². The summed E-state index contributed by atoms with van der Waals surface area (Å²) in [5.41, 5.74) is 1.77. The number of Topliss-reactive ketones (excluding diaryl/α,β-unsaturated/α-hetero) is 1. The number of hydrogen-bond donors (Lipinski definition) is 4. The summed E-state index contributed by atoms with van der Waals surface area (Å²) < 4.78 is 31.1. The van der Waals surface area contributed by atoms with Gasteiger partial charge in [-0.25, -0.2) is 0 Å². The van der Waals surface area contributed by atoms with E-state index in [-0.39, 0.29) is 68.6 Å². The van der Waals surface area contributed by atoms with Crippen LogP contribution in [0.25, 0.3) is 0 Å². The van der Waals surface area contributed by atoms with Gasteiger partial charge in [0.25, 0.3) is 21.6 Å². The number of carbonyl (C=O) groups excluding carboxylic acids is 2. The van der Waals surface area contributed by atoms with Crippen molar-refractivity contribution in [1.82, 2.24) is 5.43 Å². The molecule has 0 aliphatic heterocycles. The third kappa shape index (κ3) is 7.73.